The van der Waals surface area contributed by atoms with Gasteiger partial charge in [0, 0.05) is 23.5 Å². The highest BCUT2D eigenvalue weighted by atomic mass is 32.2. The minimum absolute atomic E-state index is 0.0252. The molecule has 7 heteroatoms. The second-order valence-electron chi connectivity index (χ2n) is 6.06. The lowest BCUT2D eigenvalue weighted by Crippen LogP contribution is -2.29. The molecule has 1 unspecified atom stereocenters. The Bertz CT molecular complexity index is 930. The van der Waals surface area contributed by atoms with Crippen molar-refractivity contribution in [2.75, 3.05) is 11.5 Å². The summed E-state index contributed by atoms with van der Waals surface area (Å²) in [5.41, 5.74) is 1.77. The lowest BCUT2D eigenvalue weighted by atomic mass is 10.0. The van der Waals surface area contributed by atoms with Gasteiger partial charge in [-0.3, -0.25) is 0 Å². The van der Waals surface area contributed by atoms with Gasteiger partial charge >= 0.3 is 5.63 Å². The van der Waals surface area contributed by atoms with E-state index in [1.54, 1.807) is 19.1 Å². The van der Waals surface area contributed by atoms with Crippen molar-refractivity contribution < 1.29 is 17.9 Å². The van der Waals surface area contributed by atoms with Gasteiger partial charge in [-0.1, -0.05) is 0 Å². The summed E-state index contributed by atoms with van der Waals surface area (Å²) in [6, 6.07) is 3.14. The molecule has 1 aromatic heterocycles. The predicted molar refractivity (Wildman–Crippen MR) is 87.5 cm³/mol. The molecule has 1 aliphatic rings. The van der Waals surface area contributed by atoms with Gasteiger partial charge in [0.15, 0.2) is 9.84 Å². The Morgan fingerprint density at radius 2 is 2.04 bits per heavy atom. The first-order valence-corrected chi connectivity index (χ1v) is 9.29. The van der Waals surface area contributed by atoms with Crippen LogP contribution in [0.1, 0.15) is 23.1 Å². The maximum absolute atomic E-state index is 11.9. The monoisotopic (exact) mass is 337 g/mol. The van der Waals surface area contributed by atoms with Crippen molar-refractivity contribution in [3.8, 4) is 5.75 Å². The molecule has 2 N–H and O–H groups in total. The molecular formula is C16H19NO5S. The number of nitrogens with one attached hydrogen (secondary N) is 1. The molecule has 0 amide bonds. The Balaban J connectivity index is 1.97. The topological polar surface area (TPSA) is 96.6 Å². The van der Waals surface area contributed by atoms with Crippen LogP contribution in [0.3, 0.4) is 0 Å². The first-order chi connectivity index (χ1) is 10.8. The van der Waals surface area contributed by atoms with Gasteiger partial charge < -0.3 is 14.8 Å². The third-order valence-corrected chi connectivity index (χ3v) is 6.27. The largest absolute Gasteiger partial charge is 0.507 e. The Hall–Kier alpha value is -1.86. The quantitative estimate of drug-likeness (QED) is 0.822. The summed E-state index contributed by atoms with van der Waals surface area (Å²) in [6.45, 7) is 3.79. The van der Waals surface area contributed by atoms with Crippen LogP contribution in [0, 0.1) is 13.8 Å². The van der Waals surface area contributed by atoms with Crippen LogP contribution in [0.25, 0.3) is 11.0 Å². The van der Waals surface area contributed by atoms with E-state index < -0.39 is 15.5 Å². The van der Waals surface area contributed by atoms with Gasteiger partial charge in [0.2, 0.25) is 0 Å². The minimum atomic E-state index is -2.97. The molecule has 3 rings (SSSR count). The smallest absolute Gasteiger partial charge is 0.339 e. The Morgan fingerprint density at radius 3 is 2.70 bits per heavy atom. The van der Waals surface area contributed by atoms with Gasteiger partial charge in [0.1, 0.15) is 11.3 Å². The van der Waals surface area contributed by atoms with Crippen LogP contribution in [0.2, 0.25) is 0 Å². The standard InChI is InChI=1S/C16H19NO5S/c1-9-10(2)16(19)22-15-12(9)3-4-14(18)13(15)7-17-11-5-6-23(20,21)8-11/h3-4,11,17-18H,5-8H2,1-2H3. The molecule has 1 saturated heterocycles. The zero-order valence-electron chi connectivity index (χ0n) is 13.0. The van der Waals surface area contributed by atoms with Crippen LogP contribution >= 0.6 is 0 Å². The number of phenols is 1. The molecule has 6 nitrogen and oxygen atoms in total. The van der Waals surface area contributed by atoms with E-state index in [4.69, 9.17) is 4.42 Å². The number of hydrogen-bond acceptors (Lipinski definition) is 6. The fourth-order valence-electron chi connectivity index (χ4n) is 2.93. The minimum Gasteiger partial charge on any atom is -0.507 e. The second-order valence-corrected chi connectivity index (χ2v) is 8.29. The normalized spacial score (nSPS) is 20.2. The summed E-state index contributed by atoms with van der Waals surface area (Å²) in [7, 11) is -2.97. The van der Waals surface area contributed by atoms with Gasteiger partial charge in [-0.05, 0) is 38.0 Å². The molecular weight excluding hydrogens is 318 g/mol. The molecule has 124 valence electrons. The van der Waals surface area contributed by atoms with Crippen molar-refractivity contribution in [3.63, 3.8) is 0 Å². The number of benzene rings is 1. The molecule has 0 spiro atoms. The number of rotatable bonds is 3. The summed E-state index contributed by atoms with van der Waals surface area (Å²) in [5, 5.41) is 14.0. The third kappa shape index (κ3) is 2.98. The number of sulfone groups is 1. The number of aryl methyl sites for hydroxylation is 1. The van der Waals surface area contributed by atoms with Crippen LogP contribution in [-0.4, -0.2) is 31.1 Å². The Kier molecular flexibility index (Phi) is 3.93. The van der Waals surface area contributed by atoms with Crippen molar-refractivity contribution in [1.29, 1.82) is 0 Å². The average molecular weight is 337 g/mol. The van der Waals surface area contributed by atoms with Gasteiger partial charge in [0.05, 0.1) is 17.1 Å². The van der Waals surface area contributed by atoms with E-state index >= 15 is 0 Å². The number of aromatic hydroxyl groups is 1. The molecule has 1 fully saturated rings. The predicted octanol–water partition coefficient (Wildman–Crippen LogP) is 1.39. The molecule has 0 saturated carbocycles. The van der Waals surface area contributed by atoms with Crippen LogP contribution in [0.5, 0.6) is 5.75 Å². The van der Waals surface area contributed by atoms with Gasteiger partial charge in [0.25, 0.3) is 0 Å². The van der Waals surface area contributed by atoms with E-state index in [1.807, 2.05) is 6.92 Å². The highest BCUT2D eigenvalue weighted by Gasteiger charge is 2.27. The van der Waals surface area contributed by atoms with Crippen molar-refractivity contribution in [3.05, 3.63) is 39.2 Å². The van der Waals surface area contributed by atoms with Gasteiger partial charge in [-0.25, -0.2) is 13.2 Å². The molecule has 0 radical (unpaired) electrons. The van der Waals surface area contributed by atoms with Gasteiger partial charge in [-0.2, -0.15) is 0 Å². The Labute approximate surface area is 134 Å². The highest BCUT2D eigenvalue weighted by Crippen LogP contribution is 2.29. The molecule has 23 heavy (non-hydrogen) atoms. The second kappa shape index (κ2) is 5.65. The lowest BCUT2D eigenvalue weighted by Gasteiger charge is -2.14. The zero-order valence-corrected chi connectivity index (χ0v) is 13.9. The lowest BCUT2D eigenvalue weighted by molar-refractivity contribution is 0.455. The summed E-state index contributed by atoms with van der Waals surface area (Å²) >= 11 is 0. The molecule has 1 aromatic carbocycles. The fourth-order valence-corrected chi connectivity index (χ4v) is 4.63. The van der Waals surface area contributed by atoms with Gasteiger partial charge in [-0.15, -0.1) is 0 Å². The maximum atomic E-state index is 11.9. The first-order valence-electron chi connectivity index (χ1n) is 7.47. The van der Waals surface area contributed by atoms with E-state index in [9.17, 15) is 18.3 Å². The molecule has 0 aliphatic carbocycles. The maximum Gasteiger partial charge on any atom is 0.339 e. The number of fused-ring (bicyclic) bond motifs is 1. The van der Waals surface area contributed by atoms with Crippen LogP contribution in [0.15, 0.2) is 21.3 Å². The van der Waals surface area contributed by atoms with Crippen LogP contribution < -0.4 is 10.9 Å². The average Bonchev–Trinajstić information content (AvgIpc) is 2.83. The van der Waals surface area contributed by atoms with Crippen molar-refractivity contribution in [2.24, 2.45) is 0 Å². The summed E-state index contributed by atoms with van der Waals surface area (Å²) in [5.74, 6) is 0.303. The number of hydrogen-bond donors (Lipinski definition) is 2. The van der Waals surface area contributed by atoms with Crippen molar-refractivity contribution in [2.45, 2.75) is 32.9 Å². The highest BCUT2D eigenvalue weighted by molar-refractivity contribution is 7.91. The summed E-state index contributed by atoms with van der Waals surface area (Å²) < 4.78 is 28.4. The molecule has 2 aromatic rings. The van der Waals surface area contributed by atoms with E-state index in [1.165, 1.54) is 0 Å². The zero-order chi connectivity index (χ0) is 16.8. The molecule has 2 heterocycles. The Morgan fingerprint density at radius 1 is 1.30 bits per heavy atom. The van der Waals surface area contributed by atoms with Crippen LogP contribution in [-0.2, 0) is 16.4 Å². The van der Waals surface area contributed by atoms with E-state index in [2.05, 4.69) is 5.32 Å². The molecule has 1 atom stereocenters. The van der Waals surface area contributed by atoms with Crippen LogP contribution in [0.4, 0.5) is 0 Å². The fraction of sp³-hybridized carbons (Fsp3) is 0.438. The van der Waals surface area contributed by atoms with E-state index in [-0.39, 0.29) is 29.8 Å². The summed E-state index contributed by atoms with van der Waals surface area (Å²) in [6.07, 6.45) is 0.552. The van der Waals surface area contributed by atoms with E-state index in [0.29, 0.717) is 23.1 Å². The molecule has 1 aliphatic heterocycles. The first kappa shape index (κ1) is 16.0. The molecule has 0 bridgehead atoms. The van der Waals surface area contributed by atoms with Crippen molar-refractivity contribution >= 4 is 20.8 Å². The number of phenolic OH excluding ortho intramolecular Hbond substituents is 1. The SMILES string of the molecule is Cc1c(C)c2ccc(O)c(CNC3CCS(=O)(=O)C3)c2oc1=O. The third-order valence-electron chi connectivity index (χ3n) is 4.50. The van der Waals surface area contributed by atoms with Crippen molar-refractivity contribution in [1.82, 2.24) is 5.32 Å². The van der Waals surface area contributed by atoms with E-state index in [0.717, 1.165) is 10.9 Å². The summed E-state index contributed by atoms with van der Waals surface area (Å²) in [4.78, 5) is 11.9.